The van der Waals surface area contributed by atoms with E-state index >= 15 is 0 Å². The van der Waals surface area contributed by atoms with Gasteiger partial charge in [0, 0.05) is 19.0 Å². The Morgan fingerprint density at radius 2 is 2.28 bits per heavy atom. The standard InChI is InChI=1S/C11H13BrN2O2S2/c1-8-7-10(17-11(8)12)18(15,16)14(6-2-5-13)9-3-4-9/h7,9H,2-4,6H2,1H3. The molecule has 1 aliphatic rings. The van der Waals surface area contributed by atoms with Crippen molar-refractivity contribution in [3.63, 3.8) is 0 Å². The van der Waals surface area contributed by atoms with Crippen LogP contribution in [0.15, 0.2) is 14.1 Å². The van der Waals surface area contributed by atoms with Crippen molar-refractivity contribution in [1.29, 1.82) is 5.26 Å². The van der Waals surface area contributed by atoms with E-state index < -0.39 is 10.0 Å². The van der Waals surface area contributed by atoms with Crippen molar-refractivity contribution in [2.24, 2.45) is 0 Å². The maximum absolute atomic E-state index is 12.5. The van der Waals surface area contributed by atoms with E-state index in [2.05, 4.69) is 15.9 Å². The molecule has 0 amide bonds. The van der Waals surface area contributed by atoms with Crippen molar-refractivity contribution in [1.82, 2.24) is 4.31 Å². The molecular formula is C11H13BrN2O2S2. The van der Waals surface area contributed by atoms with Gasteiger partial charge in [-0.15, -0.1) is 11.3 Å². The monoisotopic (exact) mass is 348 g/mol. The van der Waals surface area contributed by atoms with Crippen LogP contribution in [0.2, 0.25) is 0 Å². The lowest BCUT2D eigenvalue weighted by atomic mass is 10.4. The fourth-order valence-corrected chi connectivity index (χ4v) is 5.74. The van der Waals surface area contributed by atoms with Gasteiger partial charge in [-0.05, 0) is 47.3 Å². The molecule has 1 aliphatic carbocycles. The van der Waals surface area contributed by atoms with Crippen molar-refractivity contribution in [2.75, 3.05) is 6.54 Å². The molecule has 1 fully saturated rings. The minimum atomic E-state index is -3.44. The predicted octanol–water partition coefficient (Wildman–Crippen LogP) is 2.89. The van der Waals surface area contributed by atoms with Crippen LogP contribution in [0.3, 0.4) is 0 Å². The number of sulfonamides is 1. The summed E-state index contributed by atoms with van der Waals surface area (Å²) in [4.78, 5) is 0. The molecule has 7 heteroatoms. The van der Waals surface area contributed by atoms with Crippen LogP contribution in [0.4, 0.5) is 0 Å². The highest BCUT2D eigenvalue weighted by atomic mass is 79.9. The van der Waals surface area contributed by atoms with E-state index in [0.29, 0.717) is 4.21 Å². The molecule has 1 saturated carbocycles. The van der Waals surface area contributed by atoms with Gasteiger partial charge < -0.3 is 0 Å². The predicted molar refractivity (Wildman–Crippen MR) is 73.9 cm³/mol. The Labute approximate surface area is 119 Å². The minimum absolute atomic E-state index is 0.0875. The Balaban J connectivity index is 2.30. The van der Waals surface area contributed by atoms with E-state index in [1.54, 1.807) is 6.07 Å². The zero-order valence-electron chi connectivity index (χ0n) is 9.89. The van der Waals surface area contributed by atoms with Crippen molar-refractivity contribution in [3.8, 4) is 6.07 Å². The fourth-order valence-electron chi connectivity index (χ4n) is 1.70. The normalized spacial score (nSPS) is 15.9. The maximum atomic E-state index is 12.5. The summed E-state index contributed by atoms with van der Waals surface area (Å²) in [7, 11) is -3.44. The van der Waals surface area contributed by atoms with E-state index in [1.165, 1.54) is 15.6 Å². The largest absolute Gasteiger partial charge is 0.252 e. The lowest BCUT2D eigenvalue weighted by Gasteiger charge is -2.19. The average molecular weight is 349 g/mol. The lowest BCUT2D eigenvalue weighted by Crippen LogP contribution is -2.33. The van der Waals surface area contributed by atoms with Crippen LogP contribution in [0.25, 0.3) is 0 Å². The highest BCUT2D eigenvalue weighted by molar-refractivity contribution is 9.11. The van der Waals surface area contributed by atoms with Crippen LogP contribution in [0.5, 0.6) is 0 Å². The molecule has 0 aliphatic heterocycles. The van der Waals surface area contributed by atoms with Crippen LogP contribution in [-0.2, 0) is 10.0 Å². The first-order valence-corrected chi connectivity index (χ1v) is 8.66. The molecule has 0 radical (unpaired) electrons. The van der Waals surface area contributed by atoms with Crippen molar-refractivity contribution in [2.45, 2.75) is 36.4 Å². The Kier molecular flexibility index (Phi) is 4.11. The number of hydrogen-bond donors (Lipinski definition) is 0. The number of nitrogens with zero attached hydrogens (tertiary/aromatic N) is 2. The third-order valence-corrected chi connectivity index (χ3v) is 7.33. The van der Waals surface area contributed by atoms with Gasteiger partial charge in [0.25, 0.3) is 10.0 Å². The van der Waals surface area contributed by atoms with Gasteiger partial charge in [0.05, 0.1) is 9.86 Å². The number of nitriles is 1. The average Bonchev–Trinajstić information content (AvgIpc) is 3.07. The molecule has 0 bridgehead atoms. The second-order valence-corrected chi connectivity index (χ2v) is 8.76. The molecule has 0 aromatic carbocycles. The second kappa shape index (κ2) is 5.29. The zero-order chi connectivity index (χ0) is 13.3. The summed E-state index contributed by atoms with van der Waals surface area (Å²) < 4.78 is 27.7. The summed E-state index contributed by atoms with van der Waals surface area (Å²) in [6, 6.07) is 3.78. The summed E-state index contributed by atoms with van der Waals surface area (Å²) in [5, 5.41) is 8.63. The summed E-state index contributed by atoms with van der Waals surface area (Å²) in [6.07, 6.45) is 2.04. The number of aryl methyl sites for hydroxylation is 1. The van der Waals surface area contributed by atoms with E-state index in [4.69, 9.17) is 5.26 Å². The molecule has 18 heavy (non-hydrogen) atoms. The molecular weight excluding hydrogens is 336 g/mol. The van der Waals surface area contributed by atoms with Gasteiger partial charge in [-0.2, -0.15) is 9.57 Å². The molecule has 0 spiro atoms. The minimum Gasteiger partial charge on any atom is -0.206 e. The van der Waals surface area contributed by atoms with Gasteiger partial charge in [-0.1, -0.05) is 0 Å². The van der Waals surface area contributed by atoms with Gasteiger partial charge >= 0.3 is 0 Å². The van der Waals surface area contributed by atoms with E-state index in [1.807, 2.05) is 13.0 Å². The van der Waals surface area contributed by atoms with Crippen LogP contribution in [-0.4, -0.2) is 25.3 Å². The Bertz CT molecular complexity index is 565. The molecule has 1 aromatic rings. The third-order valence-electron chi connectivity index (χ3n) is 2.80. The summed E-state index contributed by atoms with van der Waals surface area (Å²) >= 11 is 4.58. The summed E-state index contributed by atoms with van der Waals surface area (Å²) in [5.41, 5.74) is 0.926. The molecule has 98 valence electrons. The van der Waals surface area contributed by atoms with Crippen LogP contribution >= 0.6 is 27.3 Å². The van der Waals surface area contributed by atoms with Crippen molar-refractivity contribution < 1.29 is 8.42 Å². The van der Waals surface area contributed by atoms with E-state index in [-0.39, 0.29) is 19.0 Å². The van der Waals surface area contributed by atoms with E-state index in [9.17, 15) is 8.42 Å². The van der Waals surface area contributed by atoms with E-state index in [0.717, 1.165) is 22.2 Å². The topological polar surface area (TPSA) is 61.2 Å². The zero-order valence-corrected chi connectivity index (χ0v) is 13.1. The summed E-state index contributed by atoms with van der Waals surface area (Å²) in [6.45, 7) is 2.16. The highest BCUT2D eigenvalue weighted by Crippen LogP contribution is 2.37. The molecule has 0 atom stereocenters. The molecule has 1 aromatic heterocycles. The first kappa shape index (κ1) is 14.0. The quantitative estimate of drug-likeness (QED) is 0.821. The molecule has 0 N–H and O–H groups in total. The molecule has 1 heterocycles. The molecule has 0 unspecified atom stereocenters. The Hall–Kier alpha value is -0.420. The Morgan fingerprint density at radius 3 is 2.72 bits per heavy atom. The highest BCUT2D eigenvalue weighted by Gasteiger charge is 2.38. The van der Waals surface area contributed by atoms with Crippen LogP contribution < -0.4 is 0 Å². The SMILES string of the molecule is Cc1cc(S(=O)(=O)N(CCC#N)C2CC2)sc1Br. The van der Waals surface area contributed by atoms with Crippen molar-refractivity contribution in [3.05, 3.63) is 15.4 Å². The smallest absolute Gasteiger partial charge is 0.206 e. The van der Waals surface area contributed by atoms with Gasteiger partial charge in [-0.25, -0.2) is 8.42 Å². The van der Waals surface area contributed by atoms with Gasteiger partial charge in [-0.3, -0.25) is 0 Å². The van der Waals surface area contributed by atoms with Gasteiger partial charge in [0.15, 0.2) is 0 Å². The molecule has 2 rings (SSSR count). The first-order valence-electron chi connectivity index (χ1n) is 5.61. The molecule has 0 saturated heterocycles. The molecule has 4 nitrogen and oxygen atoms in total. The van der Waals surface area contributed by atoms with Gasteiger partial charge in [0.1, 0.15) is 4.21 Å². The second-order valence-electron chi connectivity index (χ2n) is 4.28. The number of thiophene rings is 1. The lowest BCUT2D eigenvalue weighted by molar-refractivity contribution is 0.412. The van der Waals surface area contributed by atoms with Gasteiger partial charge in [0.2, 0.25) is 0 Å². The number of hydrogen-bond acceptors (Lipinski definition) is 4. The number of rotatable bonds is 5. The Morgan fingerprint density at radius 1 is 1.61 bits per heavy atom. The van der Waals surface area contributed by atoms with Crippen LogP contribution in [0, 0.1) is 18.3 Å². The summed E-state index contributed by atoms with van der Waals surface area (Å²) in [5.74, 6) is 0. The fraction of sp³-hybridized carbons (Fsp3) is 0.545. The first-order chi connectivity index (χ1) is 8.46. The maximum Gasteiger partial charge on any atom is 0.252 e. The van der Waals surface area contributed by atoms with Crippen LogP contribution in [0.1, 0.15) is 24.8 Å². The third kappa shape index (κ3) is 2.77. The van der Waals surface area contributed by atoms with Crippen molar-refractivity contribution >= 4 is 37.3 Å². The number of halogens is 1.